The summed E-state index contributed by atoms with van der Waals surface area (Å²) in [5, 5.41) is 19.3. The average Bonchev–Trinajstić information content (AvgIpc) is 2.43. The van der Waals surface area contributed by atoms with Crippen molar-refractivity contribution in [3.63, 3.8) is 0 Å². The smallest absolute Gasteiger partial charge is 0.118 e. The van der Waals surface area contributed by atoms with Crippen molar-refractivity contribution in [2.24, 2.45) is 0 Å². The summed E-state index contributed by atoms with van der Waals surface area (Å²) in [6, 6.07) is 11.3. The largest absolute Gasteiger partial charge is 0.508 e. The van der Waals surface area contributed by atoms with Gasteiger partial charge in [0.05, 0.1) is 0 Å². The highest BCUT2D eigenvalue weighted by molar-refractivity contribution is 5.45. The summed E-state index contributed by atoms with van der Waals surface area (Å²) in [6.07, 6.45) is 4.15. The first kappa shape index (κ1) is 14.2. The van der Waals surface area contributed by atoms with E-state index in [1.807, 2.05) is 51.1 Å². The van der Waals surface area contributed by atoms with Crippen LogP contribution in [-0.2, 0) is 0 Å². The van der Waals surface area contributed by atoms with Gasteiger partial charge in [0, 0.05) is 5.92 Å². The monoisotopic (exact) mass is 268 g/mol. The van der Waals surface area contributed by atoms with E-state index in [1.54, 1.807) is 12.1 Å². The first-order valence-electron chi connectivity index (χ1n) is 6.74. The molecule has 2 nitrogen and oxygen atoms in total. The van der Waals surface area contributed by atoms with Crippen molar-refractivity contribution in [3.8, 4) is 11.5 Å². The fourth-order valence-electron chi connectivity index (χ4n) is 2.35. The van der Waals surface area contributed by atoms with Gasteiger partial charge in [0.25, 0.3) is 0 Å². The molecule has 0 saturated carbocycles. The van der Waals surface area contributed by atoms with Crippen LogP contribution in [-0.4, -0.2) is 10.2 Å². The Balaban J connectivity index is 2.49. The molecule has 20 heavy (non-hydrogen) atoms. The molecule has 0 aromatic heterocycles. The molecule has 104 valence electrons. The van der Waals surface area contributed by atoms with Crippen LogP contribution in [0.3, 0.4) is 0 Å². The van der Waals surface area contributed by atoms with Crippen LogP contribution in [0.2, 0.25) is 0 Å². The number of rotatable bonds is 3. The van der Waals surface area contributed by atoms with Crippen molar-refractivity contribution in [3.05, 3.63) is 70.8 Å². The molecule has 0 unspecified atom stereocenters. The van der Waals surface area contributed by atoms with E-state index in [2.05, 4.69) is 6.08 Å². The van der Waals surface area contributed by atoms with Crippen LogP contribution in [0.4, 0.5) is 0 Å². The lowest BCUT2D eigenvalue weighted by molar-refractivity contribution is 0.470. The molecule has 0 spiro atoms. The molecule has 0 radical (unpaired) electrons. The van der Waals surface area contributed by atoms with Crippen LogP contribution >= 0.6 is 0 Å². The predicted molar refractivity (Wildman–Crippen MR) is 82.3 cm³/mol. The molecule has 0 fully saturated rings. The Labute approximate surface area is 120 Å². The number of hydrogen-bond acceptors (Lipinski definition) is 2. The Morgan fingerprint density at radius 3 is 1.65 bits per heavy atom. The molecule has 0 saturated heterocycles. The molecular formula is C18H20O2. The van der Waals surface area contributed by atoms with Gasteiger partial charge in [0.2, 0.25) is 0 Å². The molecular weight excluding hydrogens is 248 g/mol. The third kappa shape index (κ3) is 2.85. The first-order valence-corrected chi connectivity index (χ1v) is 6.74. The molecule has 0 bridgehead atoms. The summed E-state index contributed by atoms with van der Waals surface area (Å²) in [6.45, 7) is 5.79. The van der Waals surface area contributed by atoms with E-state index in [-0.39, 0.29) is 5.92 Å². The quantitative estimate of drug-likeness (QED) is 0.809. The van der Waals surface area contributed by atoms with Crippen molar-refractivity contribution in [1.82, 2.24) is 0 Å². The maximum Gasteiger partial charge on any atom is 0.118 e. The second-order valence-electron chi connectivity index (χ2n) is 5.10. The molecule has 0 aliphatic heterocycles. The molecule has 2 aromatic rings. The second-order valence-corrected chi connectivity index (χ2v) is 5.10. The fraction of sp³-hybridized carbons (Fsp3) is 0.222. The number of phenolic OH excluding ortho intramolecular Hbond substituents is 2. The molecule has 0 aliphatic carbocycles. The summed E-state index contributed by atoms with van der Waals surface area (Å²) >= 11 is 0. The van der Waals surface area contributed by atoms with E-state index < -0.39 is 0 Å². The molecule has 2 heteroatoms. The third-order valence-corrected chi connectivity index (χ3v) is 3.54. The minimum atomic E-state index is 0.124. The van der Waals surface area contributed by atoms with E-state index in [4.69, 9.17) is 0 Å². The molecule has 2 rings (SSSR count). The van der Waals surface area contributed by atoms with Crippen LogP contribution in [0, 0.1) is 13.8 Å². The summed E-state index contributed by atoms with van der Waals surface area (Å²) in [5.74, 6) is 0.753. The van der Waals surface area contributed by atoms with Crippen LogP contribution in [0.25, 0.3) is 0 Å². The van der Waals surface area contributed by atoms with E-state index in [9.17, 15) is 10.2 Å². The summed E-state index contributed by atoms with van der Waals surface area (Å²) < 4.78 is 0. The highest BCUT2D eigenvalue weighted by Gasteiger charge is 2.13. The topological polar surface area (TPSA) is 40.5 Å². The van der Waals surface area contributed by atoms with Crippen molar-refractivity contribution < 1.29 is 10.2 Å². The maximum absolute atomic E-state index is 9.66. The minimum absolute atomic E-state index is 0.124. The number of aromatic hydroxyl groups is 2. The number of phenols is 2. The molecule has 0 heterocycles. The van der Waals surface area contributed by atoms with Crippen LogP contribution in [0.1, 0.15) is 35.1 Å². The molecule has 2 N–H and O–H groups in total. The molecule has 0 amide bonds. The van der Waals surface area contributed by atoms with Gasteiger partial charge in [-0.3, -0.25) is 0 Å². The number of allylic oxidation sites excluding steroid dienone is 2. The lowest BCUT2D eigenvalue weighted by Gasteiger charge is -2.16. The lowest BCUT2D eigenvalue weighted by Crippen LogP contribution is -1.99. The second kappa shape index (κ2) is 5.83. The summed E-state index contributed by atoms with van der Waals surface area (Å²) in [5.41, 5.74) is 3.99. The van der Waals surface area contributed by atoms with Crippen molar-refractivity contribution in [2.75, 3.05) is 0 Å². The van der Waals surface area contributed by atoms with Gasteiger partial charge in [-0.1, -0.05) is 36.4 Å². The number of benzene rings is 2. The Kier molecular flexibility index (Phi) is 4.14. The van der Waals surface area contributed by atoms with Crippen molar-refractivity contribution in [2.45, 2.75) is 26.7 Å². The zero-order chi connectivity index (χ0) is 14.7. The van der Waals surface area contributed by atoms with Gasteiger partial charge in [-0.25, -0.2) is 0 Å². The Morgan fingerprint density at radius 2 is 1.30 bits per heavy atom. The molecule has 0 atom stereocenters. The van der Waals surface area contributed by atoms with E-state index in [1.165, 1.54) is 0 Å². The zero-order valence-corrected chi connectivity index (χ0v) is 12.1. The van der Waals surface area contributed by atoms with Crippen LogP contribution in [0.5, 0.6) is 11.5 Å². The van der Waals surface area contributed by atoms with Gasteiger partial charge in [-0.15, -0.1) is 0 Å². The highest BCUT2D eigenvalue weighted by Crippen LogP contribution is 2.31. The van der Waals surface area contributed by atoms with Crippen LogP contribution in [0.15, 0.2) is 48.6 Å². The molecule has 2 aromatic carbocycles. The standard InChI is InChI=1S/C18H20O2/c1-4-5-16(14-6-8-17(19)12(2)10-14)15-7-9-18(20)13(3)11-15/h4-11,16,19-20H,1-3H3. The summed E-state index contributed by atoms with van der Waals surface area (Å²) in [4.78, 5) is 0. The third-order valence-electron chi connectivity index (χ3n) is 3.54. The van der Waals surface area contributed by atoms with Gasteiger partial charge < -0.3 is 10.2 Å². The van der Waals surface area contributed by atoms with Crippen molar-refractivity contribution in [1.29, 1.82) is 0 Å². The minimum Gasteiger partial charge on any atom is -0.508 e. The zero-order valence-electron chi connectivity index (χ0n) is 12.1. The van der Waals surface area contributed by atoms with E-state index >= 15 is 0 Å². The van der Waals surface area contributed by atoms with E-state index in [0.29, 0.717) is 11.5 Å². The SMILES string of the molecule is CC=CC(c1ccc(O)c(C)c1)c1ccc(O)c(C)c1. The van der Waals surface area contributed by atoms with Gasteiger partial charge in [-0.05, 0) is 55.2 Å². The van der Waals surface area contributed by atoms with Crippen molar-refractivity contribution >= 4 is 0 Å². The molecule has 0 aliphatic rings. The van der Waals surface area contributed by atoms with Gasteiger partial charge in [0.1, 0.15) is 11.5 Å². The average molecular weight is 268 g/mol. The number of aryl methyl sites for hydroxylation is 2. The normalized spacial score (nSPS) is 11.4. The maximum atomic E-state index is 9.66. The fourth-order valence-corrected chi connectivity index (χ4v) is 2.35. The predicted octanol–water partition coefficient (Wildman–Crippen LogP) is 4.42. The van der Waals surface area contributed by atoms with Gasteiger partial charge >= 0.3 is 0 Å². The Hall–Kier alpha value is -2.22. The highest BCUT2D eigenvalue weighted by atomic mass is 16.3. The van der Waals surface area contributed by atoms with Gasteiger partial charge in [0.15, 0.2) is 0 Å². The van der Waals surface area contributed by atoms with Gasteiger partial charge in [-0.2, -0.15) is 0 Å². The summed E-state index contributed by atoms with van der Waals surface area (Å²) in [7, 11) is 0. The Morgan fingerprint density at radius 1 is 0.850 bits per heavy atom. The van der Waals surface area contributed by atoms with Crippen LogP contribution < -0.4 is 0 Å². The first-order chi connectivity index (χ1) is 9.52. The number of hydrogen-bond donors (Lipinski definition) is 2. The lowest BCUT2D eigenvalue weighted by atomic mass is 9.89. The van der Waals surface area contributed by atoms with E-state index in [0.717, 1.165) is 22.3 Å². The Bertz CT molecular complexity index is 590.